The van der Waals surface area contributed by atoms with Crippen molar-refractivity contribution in [3.8, 4) is 17.0 Å². The van der Waals surface area contributed by atoms with Crippen molar-refractivity contribution in [2.45, 2.75) is 6.18 Å². The fraction of sp³-hybridized carbons (Fsp3) is 0.0833. The smallest absolute Gasteiger partial charge is 0.422 e. The highest BCUT2D eigenvalue weighted by molar-refractivity contribution is 6.05. The molecule has 36 heavy (non-hydrogen) atoms. The van der Waals surface area contributed by atoms with Crippen LogP contribution in [0.2, 0.25) is 0 Å². The number of nitrogens with zero attached hydrogens (tertiary/aromatic N) is 3. The number of halogens is 5. The van der Waals surface area contributed by atoms with Gasteiger partial charge in [-0.2, -0.15) is 13.2 Å². The molecule has 0 fully saturated rings. The number of benzene rings is 2. The molecule has 2 aromatic heterocycles. The maximum absolute atomic E-state index is 14.2. The van der Waals surface area contributed by atoms with E-state index in [4.69, 9.17) is 4.74 Å². The van der Waals surface area contributed by atoms with Crippen molar-refractivity contribution in [1.82, 2.24) is 15.0 Å². The minimum absolute atomic E-state index is 0.171. The van der Waals surface area contributed by atoms with Crippen LogP contribution in [0.15, 0.2) is 73.5 Å². The highest BCUT2D eigenvalue weighted by Gasteiger charge is 2.29. The second-order valence-corrected chi connectivity index (χ2v) is 7.39. The highest BCUT2D eigenvalue weighted by atomic mass is 19.4. The van der Waals surface area contributed by atoms with E-state index in [0.29, 0.717) is 11.4 Å². The molecule has 7 nitrogen and oxygen atoms in total. The Morgan fingerprint density at radius 2 is 1.83 bits per heavy atom. The number of carbonyl (C=O) groups excluding carboxylic acids is 1. The van der Waals surface area contributed by atoms with Gasteiger partial charge in [-0.1, -0.05) is 18.7 Å². The molecule has 0 saturated heterocycles. The van der Waals surface area contributed by atoms with E-state index in [1.54, 1.807) is 30.3 Å². The van der Waals surface area contributed by atoms with Gasteiger partial charge in [0.25, 0.3) is 5.91 Å². The van der Waals surface area contributed by atoms with Gasteiger partial charge in [0.15, 0.2) is 12.4 Å². The molecule has 0 aliphatic rings. The van der Waals surface area contributed by atoms with Crippen LogP contribution in [-0.2, 0) is 4.79 Å². The summed E-state index contributed by atoms with van der Waals surface area (Å²) in [5.74, 6) is -3.26. The maximum Gasteiger partial charge on any atom is 0.422 e. The SMILES string of the molecule is C=C(F)C(=O)Nc1cc2c(Nc3ccnc(-c4ccccc4F)c3)ncnc2cc1OCC(F)(F)F. The molecule has 0 bridgehead atoms. The molecule has 0 aliphatic carbocycles. The number of aromatic nitrogens is 3. The van der Waals surface area contributed by atoms with Crippen LogP contribution in [0.3, 0.4) is 0 Å². The quantitative estimate of drug-likeness (QED) is 0.241. The monoisotopic (exact) mass is 501 g/mol. The highest BCUT2D eigenvalue weighted by Crippen LogP contribution is 2.35. The fourth-order valence-corrected chi connectivity index (χ4v) is 3.21. The Hall–Kier alpha value is -4.61. The largest absolute Gasteiger partial charge is 0.482 e. The fourth-order valence-electron chi connectivity index (χ4n) is 3.21. The lowest BCUT2D eigenvalue weighted by molar-refractivity contribution is -0.153. The Labute approximate surface area is 200 Å². The van der Waals surface area contributed by atoms with Gasteiger partial charge < -0.3 is 15.4 Å². The topological polar surface area (TPSA) is 89.0 Å². The van der Waals surface area contributed by atoms with E-state index in [-0.39, 0.29) is 33.7 Å². The average molecular weight is 501 g/mol. The molecule has 2 heterocycles. The average Bonchev–Trinajstić information content (AvgIpc) is 2.83. The van der Waals surface area contributed by atoms with Gasteiger partial charge in [0.1, 0.15) is 23.7 Å². The van der Waals surface area contributed by atoms with Gasteiger partial charge in [0, 0.05) is 28.9 Å². The summed E-state index contributed by atoms with van der Waals surface area (Å²) < 4.78 is 70.4. The lowest BCUT2D eigenvalue weighted by Crippen LogP contribution is -2.20. The van der Waals surface area contributed by atoms with Crippen LogP contribution in [0.5, 0.6) is 5.75 Å². The van der Waals surface area contributed by atoms with Crippen molar-refractivity contribution in [2.24, 2.45) is 0 Å². The van der Waals surface area contributed by atoms with Crippen LogP contribution in [0.25, 0.3) is 22.2 Å². The summed E-state index contributed by atoms with van der Waals surface area (Å²) in [6.45, 7) is 1.22. The van der Waals surface area contributed by atoms with E-state index in [0.717, 1.165) is 6.07 Å². The van der Waals surface area contributed by atoms with Crippen molar-refractivity contribution in [2.75, 3.05) is 17.2 Å². The van der Waals surface area contributed by atoms with Crippen molar-refractivity contribution < 1.29 is 31.5 Å². The van der Waals surface area contributed by atoms with Crippen LogP contribution in [0.1, 0.15) is 0 Å². The summed E-state index contributed by atoms with van der Waals surface area (Å²) in [7, 11) is 0. The summed E-state index contributed by atoms with van der Waals surface area (Å²) in [6, 6.07) is 11.6. The summed E-state index contributed by atoms with van der Waals surface area (Å²) in [5, 5.41) is 5.41. The van der Waals surface area contributed by atoms with Crippen molar-refractivity contribution in [3.63, 3.8) is 0 Å². The first kappa shape index (κ1) is 24.5. The molecule has 2 aromatic carbocycles. The molecule has 2 N–H and O–H groups in total. The van der Waals surface area contributed by atoms with Crippen LogP contribution in [0, 0.1) is 5.82 Å². The zero-order valence-electron chi connectivity index (χ0n) is 18.2. The second kappa shape index (κ2) is 9.94. The Morgan fingerprint density at radius 1 is 1.06 bits per heavy atom. The minimum Gasteiger partial charge on any atom is -0.482 e. The predicted molar refractivity (Wildman–Crippen MR) is 123 cm³/mol. The van der Waals surface area contributed by atoms with Crippen LogP contribution in [0.4, 0.5) is 39.1 Å². The normalized spacial score (nSPS) is 11.2. The first-order valence-corrected chi connectivity index (χ1v) is 10.2. The maximum atomic E-state index is 14.2. The molecular formula is C24H16F5N5O2. The number of alkyl halides is 3. The number of pyridine rings is 1. The van der Waals surface area contributed by atoms with Crippen LogP contribution < -0.4 is 15.4 Å². The van der Waals surface area contributed by atoms with Gasteiger partial charge in [-0.3, -0.25) is 9.78 Å². The minimum atomic E-state index is -4.66. The molecule has 184 valence electrons. The van der Waals surface area contributed by atoms with Gasteiger partial charge >= 0.3 is 6.18 Å². The van der Waals surface area contributed by atoms with Gasteiger partial charge in [0.05, 0.1) is 16.9 Å². The van der Waals surface area contributed by atoms with E-state index in [2.05, 4.69) is 32.2 Å². The standard InChI is InChI=1S/C24H16F5N5O2/c1-13(25)23(35)34-20-9-16-19(10-21(20)36-11-24(27,28)29)31-12-32-22(16)33-14-6-7-30-18(8-14)15-4-2-3-5-17(15)26/h2-10,12H,1,11H2,(H,34,35)(H,30,31,32,33). The van der Waals surface area contributed by atoms with Gasteiger partial charge in [0.2, 0.25) is 0 Å². The molecule has 0 aliphatic heterocycles. The number of fused-ring (bicyclic) bond motifs is 1. The first-order chi connectivity index (χ1) is 17.1. The number of rotatable bonds is 7. The summed E-state index contributed by atoms with van der Waals surface area (Å²) in [5.41, 5.74) is 0.994. The van der Waals surface area contributed by atoms with E-state index < -0.39 is 30.3 Å². The van der Waals surface area contributed by atoms with Gasteiger partial charge in [-0.15, -0.1) is 0 Å². The van der Waals surface area contributed by atoms with Crippen molar-refractivity contribution in [3.05, 3.63) is 79.3 Å². The van der Waals surface area contributed by atoms with Gasteiger partial charge in [-0.05, 0) is 30.3 Å². The zero-order valence-corrected chi connectivity index (χ0v) is 18.2. The number of hydrogen-bond acceptors (Lipinski definition) is 6. The summed E-state index contributed by atoms with van der Waals surface area (Å²) in [4.78, 5) is 24.2. The summed E-state index contributed by atoms with van der Waals surface area (Å²) >= 11 is 0. The third-order valence-electron chi connectivity index (χ3n) is 4.80. The number of amides is 1. The molecule has 4 aromatic rings. The van der Waals surface area contributed by atoms with Gasteiger partial charge in [-0.25, -0.2) is 18.7 Å². The molecule has 4 rings (SSSR count). The van der Waals surface area contributed by atoms with E-state index in [1.165, 1.54) is 24.7 Å². The lowest BCUT2D eigenvalue weighted by Gasteiger charge is -2.16. The Morgan fingerprint density at radius 3 is 2.56 bits per heavy atom. The third kappa shape index (κ3) is 5.71. The molecule has 0 radical (unpaired) electrons. The summed E-state index contributed by atoms with van der Waals surface area (Å²) in [6.07, 6.45) is -2.04. The lowest BCUT2D eigenvalue weighted by atomic mass is 10.1. The number of carbonyl (C=O) groups is 1. The number of anilines is 3. The molecule has 0 atom stereocenters. The van der Waals surface area contributed by atoms with Crippen molar-refractivity contribution in [1.29, 1.82) is 0 Å². The molecule has 12 heteroatoms. The Kier molecular flexibility index (Phi) is 6.77. The second-order valence-electron chi connectivity index (χ2n) is 7.39. The number of hydrogen-bond donors (Lipinski definition) is 2. The Bertz CT molecular complexity index is 1460. The van der Waals surface area contributed by atoms with Crippen LogP contribution in [-0.4, -0.2) is 33.6 Å². The third-order valence-corrected chi connectivity index (χ3v) is 4.80. The van der Waals surface area contributed by atoms with E-state index >= 15 is 0 Å². The first-order valence-electron chi connectivity index (χ1n) is 10.2. The van der Waals surface area contributed by atoms with Crippen molar-refractivity contribution >= 4 is 34.0 Å². The molecule has 0 saturated carbocycles. The number of nitrogens with one attached hydrogen (secondary N) is 2. The zero-order chi connectivity index (χ0) is 25.9. The molecule has 0 unspecified atom stereocenters. The van der Waals surface area contributed by atoms with Crippen LogP contribution >= 0.6 is 0 Å². The molecule has 1 amide bonds. The number of ether oxygens (including phenoxy) is 1. The molecular weight excluding hydrogens is 485 g/mol. The Balaban J connectivity index is 1.73. The molecule has 0 spiro atoms. The van der Waals surface area contributed by atoms with E-state index in [9.17, 15) is 26.7 Å². The van der Waals surface area contributed by atoms with E-state index in [1.807, 2.05) is 0 Å². The predicted octanol–water partition coefficient (Wildman–Crippen LogP) is 5.94.